The SMILES string of the molecule is CCc1ccc(C(CBr)NC(=O)c2c(F)cccc2F)cc1.CN=Cc1ccccc1C(F)(F)F.Cc1ccccc1/C=N/OCc1ccc(C2COC(c3c(F)cccc3F)=N2)cc1.Cc1nc2ccccc2s1.Fc1cccc(F)c1C1=NC(c2ccc(CSc3nc4ccccc4s3)cc2)CO1. The molecule has 2 aliphatic heterocycles. The lowest BCUT2D eigenvalue weighted by Gasteiger charge is -2.17. The van der Waals surface area contributed by atoms with Gasteiger partial charge >= 0.3 is 6.18 Å². The summed E-state index contributed by atoms with van der Waals surface area (Å²) in [7, 11) is 1.44. The first-order valence-electron chi connectivity index (χ1n) is 32.7. The normalized spacial score (nSPS) is 14.1. The zero-order valence-corrected chi connectivity index (χ0v) is 60.8. The molecule has 0 saturated carbocycles. The molecule has 1 N–H and O–H groups in total. The second kappa shape index (κ2) is 37.4. The summed E-state index contributed by atoms with van der Waals surface area (Å²) in [5, 5.41) is 8.26. The Morgan fingerprint density at radius 2 is 1.08 bits per heavy atom. The number of thioether (sulfide) groups is 1. The lowest BCUT2D eigenvalue weighted by Crippen LogP contribution is -2.31. The fourth-order valence-corrected chi connectivity index (χ4v) is 14.0. The van der Waals surface area contributed by atoms with Gasteiger partial charge in [0.15, 0.2) is 4.34 Å². The number of amides is 1. The highest BCUT2D eigenvalue weighted by atomic mass is 79.9. The van der Waals surface area contributed by atoms with Crippen LogP contribution in [0.25, 0.3) is 20.4 Å². The Kier molecular flexibility index (Phi) is 27.6. The summed E-state index contributed by atoms with van der Waals surface area (Å²) in [5.41, 5.74) is 8.77. The molecule has 12 aromatic rings. The molecule has 11 nitrogen and oxygen atoms in total. The van der Waals surface area contributed by atoms with Crippen molar-refractivity contribution in [2.45, 2.75) is 68.2 Å². The Bertz CT molecular complexity index is 4910. The Morgan fingerprint density at radius 3 is 1.59 bits per heavy atom. The fourth-order valence-electron chi connectivity index (χ4n) is 10.6. The minimum Gasteiger partial charge on any atom is -0.475 e. The zero-order valence-electron chi connectivity index (χ0n) is 56.8. The number of aryl methyl sites for hydroxylation is 3. The summed E-state index contributed by atoms with van der Waals surface area (Å²) in [5.74, 6) is -4.39. The van der Waals surface area contributed by atoms with Crippen LogP contribution in [0.2, 0.25) is 0 Å². The highest BCUT2D eigenvalue weighted by Crippen LogP contribution is 2.35. The minimum absolute atomic E-state index is 0.00597. The van der Waals surface area contributed by atoms with Crippen molar-refractivity contribution in [3.05, 3.63) is 337 Å². The van der Waals surface area contributed by atoms with Crippen molar-refractivity contribution in [1.29, 1.82) is 0 Å². The quantitative estimate of drug-likeness (QED) is 0.0316. The number of fused-ring (bicyclic) bond motifs is 2. The molecular weight excluding hydrogens is 1480 g/mol. The van der Waals surface area contributed by atoms with Gasteiger partial charge < -0.3 is 19.6 Å². The van der Waals surface area contributed by atoms with Gasteiger partial charge in [0.1, 0.15) is 83.5 Å². The highest BCUT2D eigenvalue weighted by molar-refractivity contribution is 9.09. The van der Waals surface area contributed by atoms with Crippen LogP contribution < -0.4 is 5.32 Å². The predicted molar refractivity (Wildman–Crippen MR) is 404 cm³/mol. The molecule has 0 radical (unpaired) electrons. The number of rotatable bonds is 17. The molecule has 0 fully saturated rings. The average Bonchev–Trinajstić information content (AvgIpc) is 1.77. The predicted octanol–water partition coefficient (Wildman–Crippen LogP) is 21.5. The number of para-hydroxylation sites is 2. The van der Waals surface area contributed by atoms with E-state index in [4.69, 9.17) is 14.3 Å². The zero-order chi connectivity index (χ0) is 74.4. The first-order chi connectivity index (χ1) is 50.8. The van der Waals surface area contributed by atoms with E-state index in [1.165, 1.54) is 88.4 Å². The number of ether oxygens (including phenoxy) is 2. The monoisotopic (exact) mass is 1550 g/mol. The molecule has 538 valence electrons. The van der Waals surface area contributed by atoms with Crippen LogP contribution in [0.5, 0.6) is 0 Å². The van der Waals surface area contributed by atoms with E-state index in [0.717, 1.165) is 84.1 Å². The fraction of sp³-hybridized carbons (Fsp3) is 0.173. The summed E-state index contributed by atoms with van der Waals surface area (Å²) in [4.78, 5) is 38.8. The summed E-state index contributed by atoms with van der Waals surface area (Å²) >= 11 is 8.47. The van der Waals surface area contributed by atoms with Crippen LogP contribution in [-0.2, 0) is 39.3 Å². The van der Waals surface area contributed by atoms with Crippen molar-refractivity contribution in [3.8, 4) is 0 Å². The number of hydrogen-bond donors (Lipinski definition) is 1. The minimum atomic E-state index is -4.31. The Balaban J connectivity index is 0.000000148. The van der Waals surface area contributed by atoms with Gasteiger partial charge in [0.2, 0.25) is 11.8 Å². The molecule has 14 rings (SSSR count). The molecule has 1 amide bonds. The number of oxime groups is 1. The van der Waals surface area contributed by atoms with Crippen LogP contribution in [0.4, 0.5) is 39.5 Å². The molecule has 24 heteroatoms. The van der Waals surface area contributed by atoms with E-state index in [1.807, 2.05) is 147 Å². The number of carbonyl (C=O) groups excluding carboxylic acids is 1. The molecule has 0 bridgehead atoms. The van der Waals surface area contributed by atoms with E-state index in [-0.39, 0.29) is 59.8 Å². The molecule has 10 aromatic carbocycles. The van der Waals surface area contributed by atoms with Gasteiger partial charge in [-0.2, -0.15) is 13.2 Å². The van der Waals surface area contributed by atoms with Crippen molar-refractivity contribution in [3.63, 3.8) is 0 Å². The van der Waals surface area contributed by atoms with Gasteiger partial charge in [0.05, 0.1) is 43.3 Å². The smallest absolute Gasteiger partial charge is 0.417 e. The number of nitrogens with one attached hydrogen (secondary N) is 1. The van der Waals surface area contributed by atoms with Gasteiger partial charge in [-0.25, -0.2) is 46.3 Å². The maximum atomic E-state index is 14.0. The molecule has 0 aliphatic carbocycles. The largest absolute Gasteiger partial charge is 0.475 e. The van der Waals surface area contributed by atoms with Gasteiger partial charge in [0, 0.05) is 29.9 Å². The van der Waals surface area contributed by atoms with Gasteiger partial charge in [-0.3, -0.25) is 9.79 Å². The van der Waals surface area contributed by atoms with E-state index in [9.17, 15) is 44.3 Å². The second-order valence-electron chi connectivity index (χ2n) is 23.3. The lowest BCUT2D eigenvalue weighted by atomic mass is 10.0. The number of benzene rings is 10. The summed E-state index contributed by atoms with van der Waals surface area (Å²) in [6.07, 6.45) is -0.496. The van der Waals surface area contributed by atoms with Crippen LogP contribution in [0.1, 0.15) is 107 Å². The van der Waals surface area contributed by atoms with Gasteiger partial charge in [0.25, 0.3) is 5.91 Å². The number of alkyl halides is 4. The first kappa shape index (κ1) is 77.3. The number of hydrogen-bond acceptors (Lipinski definition) is 13. The third kappa shape index (κ3) is 21.2. The van der Waals surface area contributed by atoms with Gasteiger partial charge in [-0.15, -0.1) is 22.7 Å². The summed E-state index contributed by atoms with van der Waals surface area (Å²) in [6, 6.07) is 62.9. The maximum Gasteiger partial charge on any atom is 0.417 e. The Hall–Kier alpha value is -10.3. The van der Waals surface area contributed by atoms with Crippen LogP contribution in [0, 0.1) is 48.8 Å². The Morgan fingerprint density at radius 1 is 0.590 bits per heavy atom. The second-order valence-corrected chi connectivity index (χ2v) is 27.5. The highest BCUT2D eigenvalue weighted by Gasteiger charge is 2.33. The van der Waals surface area contributed by atoms with Crippen molar-refractivity contribution in [2.75, 3.05) is 25.6 Å². The van der Waals surface area contributed by atoms with Crippen LogP contribution >= 0.6 is 50.4 Å². The van der Waals surface area contributed by atoms with Gasteiger partial charge in [-0.1, -0.05) is 197 Å². The number of nitrogens with zero attached hydrogens (tertiary/aromatic N) is 6. The molecular formula is C81H67BrF9N7O4S3. The van der Waals surface area contributed by atoms with E-state index in [1.54, 1.807) is 46.7 Å². The standard InChI is InChI=1S/C24H20F2N2O2.C23H16F2N2OS2.C17H16BrF2NO.C9H8F3N.C8H7NS/c1-16-5-2-3-6-19(16)13-27-30-14-17-9-11-18(12-10-17)22-15-29-24(28-22)23-20(25)7-4-8-21(23)26;24-16-4-3-5-17(25)21(16)22-26-19(12-28-22)15-10-8-14(9-11-15)13-29-23-27-18-6-1-2-7-20(18)30-23;1-2-11-6-8-12(9-7-11)15(10-18)21-17(22)16-13(19)4-3-5-14(16)20;1-13-6-7-4-2-3-5-8(7)9(10,11)12;1-6-9-7-4-2-3-5-8(7)10-6/h2-13,22H,14-15H2,1H3;1-11,19H,12-13H2;3-9,15H,2,10H2,1H3,(H,21,22);2-6H,1H3;2-5H,1H3/b27-13+;;;;. The van der Waals surface area contributed by atoms with Crippen molar-refractivity contribution in [1.82, 2.24) is 15.3 Å². The number of carbonyl (C=O) groups is 1. The number of aliphatic imine (C=N–C) groups is 3. The van der Waals surface area contributed by atoms with E-state index < -0.39 is 58.1 Å². The molecule has 4 heterocycles. The van der Waals surface area contributed by atoms with Crippen molar-refractivity contribution >= 4 is 101 Å². The molecule has 3 atom stereocenters. The molecule has 0 saturated heterocycles. The number of aromatic nitrogens is 2. The van der Waals surface area contributed by atoms with Crippen LogP contribution in [-0.4, -0.2) is 65.7 Å². The number of thiazole rings is 2. The van der Waals surface area contributed by atoms with Crippen LogP contribution in [0.15, 0.2) is 249 Å². The third-order valence-corrected chi connectivity index (χ3v) is 19.9. The lowest BCUT2D eigenvalue weighted by molar-refractivity contribution is -0.137. The summed E-state index contributed by atoms with van der Waals surface area (Å²) in [6.45, 7) is 6.94. The van der Waals surface area contributed by atoms with E-state index in [2.05, 4.69) is 70.4 Å². The Labute approximate surface area is 621 Å². The van der Waals surface area contributed by atoms with Crippen molar-refractivity contribution in [2.24, 2.45) is 20.1 Å². The number of halogens is 10. The molecule has 2 aromatic heterocycles. The topological polar surface area (TPSA) is 132 Å². The maximum absolute atomic E-state index is 14.0. The van der Waals surface area contributed by atoms with Gasteiger partial charge in [-0.05, 0) is 132 Å². The van der Waals surface area contributed by atoms with Crippen LogP contribution in [0.3, 0.4) is 0 Å². The summed E-state index contributed by atoms with van der Waals surface area (Å²) < 4.78 is 134. The first-order valence-corrected chi connectivity index (χ1v) is 36.5. The average molecular weight is 1550 g/mol. The van der Waals surface area contributed by atoms with E-state index in [0.29, 0.717) is 11.9 Å². The third-order valence-electron chi connectivity index (χ3n) is 16.1. The van der Waals surface area contributed by atoms with E-state index >= 15 is 0 Å². The molecule has 2 aliphatic rings. The molecule has 0 spiro atoms. The molecule has 3 unspecified atom stereocenters. The molecule has 105 heavy (non-hydrogen) atoms. The van der Waals surface area contributed by atoms with Crippen molar-refractivity contribution < 1.29 is 58.6 Å².